The van der Waals surface area contributed by atoms with Gasteiger partial charge in [0.05, 0.1) is 85.1 Å². The topological polar surface area (TPSA) is 356 Å². The summed E-state index contributed by atoms with van der Waals surface area (Å²) in [7, 11) is 0. The third kappa shape index (κ3) is 28.9. The largest absolute Gasteiger partial charge is 0.453 e. The van der Waals surface area contributed by atoms with E-state index in [1.54, 1.807) is 90.1 Å². The van der Waals surface area contributed by atoms with Gasteiger partial charge in [-0.05, 0) is 91.5 Å². The maximum absolute atomic E-state index is 14.1. The van der Waals surface area contributed by atoms with Gasteiger partial charge in [0.2, 0.25) is 0 Å². The third-order valence-corrected chi connectivity index (χ3v) is 27.2. The molecule has 6 amide bonds. The molecule has 0 fully saturated rings. The van der Waals surface area contributed by atoms with Crippen LogP contribution in [0.25, 0.3) is 0 Å². The maximum Gasteiger partial charge on any atom is 0.411 e. The molecular weight excluding hydrogens is 1800 g/mol. The van der Waals surface area contributed by atoms with Crippen molar-refractivity contribution in [3.8, 4) is 92.0 Å². The number of hydrogen-bond donors (Lipinski definition) is 8. The number of carbonyl (C=O) groups excluding carboxylic acids is 6. The Morgan fingerprint density at radius 2 is 0.338 bits per heavy atom. The fraction of sp³-hybridized carbons (Fsp3) is 0.526. The molecule has 2 unspecified atom stereocenters. The smallest absolute Gasteiger partial charge is 0.411 e. The van der Waals surface area contributed by atoms with Gasteiger partial charge in [-0.25, -0.2) is 28.8 Å². The highest BCUT2D eigenvalue weighted by molar-refractivity contribution is 5.99. The van der Waals surface area contributed by atoms with E-state index in [0.29, 0.717) is 71.7 Å². The molecule has 0 saturated carbocycles. The zero-order valence-electron chi connectivity index (χ0n) is 85.4. The summed E-state index contributed by atoms with van der Waals surface area (Å²) in [5.74, 6) is 1.32. The molecule has 13 rings (SSSR count). The van der Waals surface area contributed by atoms with Gasteiger partial charge < -0.3 is 77.8 Å². The Morgan fingerprint density at radius 3 is 0.486 bits per heavy atom. The van der Waals surface area contributed by atoms with Crippen molar-refractivity contribution in [1.29, 1.82) is 0 Å². The molecule has 8 bridgehead atoms. The van der Waals surface area contributed by atoms with Crippen molar-refractivity contribution >= 4 is 82.1 Å². The van der Waals surface area contributed by atoms with E-state index < -0.39 is 60.2 Å². The Labute approximate surface area is 838 Å². The third-order valence-electron chi connectivity index (χ3n) is 27.2. The van der Waals surface area contributed by atoms with Gasteiger partial charge in [-0.15, -0.1) is 0 Å². The van der Waals surface area contributed by atoms with Crippen molar-refractivity contribution in [1.82, 2.24) is 0 Å². The predicted molar refractivity (Wildman–Crippen MR) is 560 cm³/mol. The van der Waals surface area contributed by atoms with E-state index >= 15 is 0 Å². The minimum Gasteiger partial charge on any atom is -0.453 e. The highest BCUT2D eigenvalue weighted by Gasteiger charge is 2.41. The lowest BCUT2D eigenvalue weighted by Gasteiger charge is -2.30. The van der Waals surface area contributed by atoms with Gasteiger partial charge in [0.1, 0.15) is 46.0 Å². The van der Waals surface area contributed by atoms with Crippen LogP contribution in [0.3, 0.4) is 0 Å². The number of nitrogen functional groups attached to an aromatic ring is 2. The Balaban J connectivity index is 1.22. The molecule has 1 aliphatic carbocycles. The number of nitrogens with one attached hydrogen (secondary N) is 6. The summed E-state index contributed by atoms with van der Waals surface area (Å²) >= 11 is 0. The van der Waals surface area contributed by atoms with Crippen LogP contribution in [-0.4, -0.2) is 76.2 Å². The van der Waals surface area contributed by atoms with Gasteiger partial charge in [-0.3, -0.25) is 31.9 Å². The summed E-state index contributed by atoms with van der Waals surface area (Å²) < 4.78 is 95.5. The SMILES string of the molecule is CCCCCCCCCCCC1c2cc3c4cc2Oc2cc(N)c(N)cc2Oc2cc5c(cc21)C(CCCCCCCCCCC)c1cc2c(cc1Oc1cc(NC(=O)OCC)c(NC(=O)OCC)cc1O5)Oc1cc(NC(=O)OCC)c(NC(=O)OCC)cc1Oc1cc(c(cc1C2CCCCCCCCCCC)C3CCCCCCCCCCC)Oc1cc(NC(=O)OCC)c(NC(=O)OCC)cc1O4. The zero-order valence-corrected chi connectivity index (χ0v) is 85.4. The Hall–Kier alpha value is -12.6. The average molecular weight is 1950 g/mol. The molecule has 0 aromatic heterocycles. The second-order valence-corrected chi connectivity index (χ2v) is 37.7. The fourth-order valence-electron chi connectivity index (χ4n) is 20.0. The molecule has 0 saturated heterocycles. The van der Waals surface area contributed by atoms with Crippen LogP contribution in [-0.2, 0) is 28.4 Å². The predicted octanol–water partition coefficient (Wildman–Crippen LogP) is 34.4. The molecule has 768 valence electrons. The normalized spacial score (nSPS) is 14.5. The van der Waals surface area contributed by atoms with Crippen LogP contribution in [0.1, 0.15) is 394 Å². The lowest BCUT2D eigenvalue weighted by atomic mass is 9.76. The molecule has 4 aliphatic heterocycles. The van der Waals surface area contributed by atoms with Crippen molar-refractivity contribution in [2.75, 3.05) is 83.0 Å². The molecule has 142 heavy (non-hydrogen) atoms. The monoisotopic (exact) mass is 1950 g/mol. The first-order chi connectivity index (χ1) is 69.3. The van der Waals surface area contributed by atoms with E-state index in [-0.39, 0.29) is 131 Å². The molecule has 8 aromatic carbocycles. The summed E-state index contributed by atoms with van der Waals surface area (Å²) in [4.78, 5) is 84.6. The van der Waals surface area contributed by atoms with Crippen molar-refractivity contribution < 1.29 is 95.1 Å². The summed E-state index contributed by atoms with van der Waals surface area (Å²) in [5, 5.41) is 17.4. The number of hydrogen-bond acceptors (Lipinski definition) is 22. The van der Waals surface area contributed by atoms with Crippen molar-refractivity contribution in [3.63, 3.8) is 0 Å². The Morgan fingerprint density at radius 1 is 0.197 bits per heavy atom. The Kier molecular flexibility index (Phi) is 41.0. The summed E-state index contributed by atoms with van der Waals surface area (Å²) in [6.45, 7) is 19.2. The van der Waals surface area contributed by atoms with Gasteiger partial charge in [0, 0.05) is 141 Å². The number of benzene rings is 8. The summed E-state index contributed by atoms with van der Waals surface area (Å²) in [5.41, 5.74) is 20.9. The Bertz CT molecular complexity index is 5240. The maximum atomic E-state index is 14.1. The molecule has 10 N–H and O–H groups in total. The molecule has 4 heterocycles. The molecular formula is C114H152N8O20. The van der Waals surface area contributed by atoms with Crippen LogP contribution in [0, 0.1) is 0 Å². The van der Waals surface area contributed by atoms with E-state index in [9.17, 15) is 28.8 Å². The number of ether oxygens (including phenoxy) is 14. The van der Waals surface area contributed by atoms with Gasteiger partial charge >= 0.3 is 36.6 Å². The average Bonchev–Trinajstić information content (AvgIpc) is 1.31. The molecule has 2 atom stereocenters. The highest BCUT2D eigenvalue weighted by Crippen LogP contribution is 2.62. The minimum atomic E-state index is -0.834. The number of fused-ring (bicyclic) bond motifs is 4. The van der Waals surface area contributed by atoms with Crippen molar-refractivity contribution in [2.45, 2.75) is 350 Å². The number of carbonyl (C=O) groups is 6. The molecule has 28 heteroatoms. The quantitative estimate of drug-likeness (QED) is 0.00997. The van der Waals surface area contributed by atoms with E-state index in [2.05, 4.69) is 83.9 Å². The van der Waals surface area contributed by atoms with Crippen molar-refractivity contribution in [3.05, 3.63) is 142 Å². The standard InChI is InChI=1S/C114H152N8O20/c1-11-21-25-29-33-37-41-45-49-53-73-77-57-79-74(54-50-46-42-38-34-30-26-22-12-2)81-59-83-76(56-52-48-44-40-36-32-28-24-14-4)84-60-82-75(55-51-47-43-39-35-31-27-23-13-3)80-58-78(73)94-70-96(80)138-104-64-88(118-110(124)130-16-6)90(120-112(126)132-18-8)66-106(104)140-98(82)72-100(84)142-108-68-92(122-114(128)134-20-10)91(121-113(127)133-19-9)67-107(108)141-99(83)71-97(81)139-105-65-89(119-111(125)131-17-7)87(117-109(123)129-15-5)63-103(105)137-95(79)69-93(77)135-101-61-85(115)86(116)62-102(101)136-94/h57-76H,11-56,115-116H2,1-10H3,(H,117,123)(H,118,124)(H,119,125)(H,120,126)(H,121,127)(H,122,128). The second kappa shape index (κ2) is 54.6. The number of amides is 6. The van der Waals surface area contributed by atoms with E-state index in [1.807, 2.05) is 24.3 Å². The van der Waals surface area contributed by atoms with Crippen LogP contribution >= 0.6 is 0 Å². The summed E-state index contributed by atoms with van der Waals surface area (Å²) in [6, 6.07) is 29.7. The fourth-order valence-corrected chi connectivity index (χ4v) is 20.0. The van der Waals surface area contributed by atoms with Crippen LogP contribution in [0.4, 0.5) is 74.3 Å². The van der Waals surface area contributed by atoms with E-state index in [0.717, 1.165) is 224 Å². The van der Waals surface area contributed by atoms with E-state index in [1.165, 1.54) is 51.4 Å². The van der Waals surface area contributed by atoms with Gasteiger partial charge in [-0.2, -0.15) is 0 Å². The first kappa shape index (κ1) is 107. The molecule has 0 spiro atoms. The van der Waals surface area contributed by atoms with Gasteiger partial charge in [0.25, 0.3) is 0 Å². The number of anilines is 8. The molecule has 0 radical (unpaired) electrons. The van der Waals surface area contributed by atoms with Crippen LogP contribution in [0.15, 0.2) is 97.1 Å². The van der Waals surface area contributed by atoms with Gasteiger partial charge in [-0.1, -0.05) is 259 Å². The number of rotatable bonds is 52. The first-order valence-electron chi connectivity index (χ1n) is 53.3. The van der Waals surface area contributed by atoms with Crippen LogP contribution in [0.5, 0.6) is 92.0 Å². The first-order valence-corrected chi connectivity index (χ1v) is 53.3. The molecule has 8 aromatic rings. The lowest BCUT2D eigenvalue weighted by Crippen LogP contribution is -2.18. The van der Waals surface area contributed by atoms with Crippen molar-refractivity contribution in [2.24, 2.45) is 0 Å². The van der Waals surface area contributed by atoms with E-state index in [4.69, 9.17) is 77.8 Å². The van der Waals surface area contributed by atoms with Crippen LogP contribution < -0.4 is 81.3 Å². The van der Waals surface area contributed by atoms with Crippen LogP contribution in [0.2, 0.25) is 0 Å². The molecule has 5 aliphatic rings. The van der Waals surface area contributed by atoms with Gasteiger partial charge in [0.15, 0.2) is 46.0 Å². The zero-order chi connectivity index (χ0) is 100. The molecule has 28 nitrogen and oxygen atoms in total. The second-order valence-electron chi connectivity index (χ2n) is 37.7. The lowest BCUT2D eigenvalue weighted by molar-refractivity contribution is 0.166. The minimum absolute atomic E-state index is 0.00528. The number of nitrogens with two attached hydrogens (primary N) is 2. The number of unbranched alkanes of at least 4 members (excludes halogenated alkanes) is 32. The highest BCUT2D eigenvalue weighted by atomic mass is 16.6. The summed E-state index contributed by atoms with van der Waals surface area (Å²) in [6.07, 6.45) is 35.0.